The highest BCUT2D eigenvalue weighted by molar-refractivity contribution is 6.30. The number of hydrogen-bond acceptors (Lipinski definition) is 2. The molecule has 0 aliphatic rings. The van der Waals surface area contributed by atoms with Crippen LogP contribution in [0.4, 0.5) is 4.39 Å². The van der Waals surface area contributed by atoms with E-state index in [1.807, 2.05) is 13.1 Å². The molecule has 2 rings (SSSR count). The summed E-state index contributed by atoms with van der Waals surface area (Å²) in [6.45, 7) is 0.902. The molecule has 0 amide bonds. The minimum absolute atomic E-state index is 0.199. The lowest BCUT2D eigenvalue weighted by atomic mass is 10.1. The predicted molar refractivity (Wildman–Crippen MR) is 74.9 cm³/mol. The largest absolute Gasteiger partial charge is 0.489 e. The molecule has 19 heavy (non-hydrogen) atoms. The first-order valence-electron chi connectivity index (χ1n) is 5.99. The van der Waals surface area contributed by atoms with Crippen LogP contribution in [0.25, 0.3) is 0 Å². The van der Waals surface area contributed by atoms with Gasteiger partial charge in [0.15, 0.2) is 0 Å². The first-order valence-corrected chi connectivity index (χ1v) is 6.37. The molecule has 2 nitrogen and oxygen atoms in total. The Balaban J connectivity index is 2.05. The first kappa shape index (κ1) is 13.8. The number of hydrogen-bond donors (Lipinski definition) is 1. The van der Waals surface area contributed by atoms with Crippen LogP contribution in [0, 0.1) is 5.82 Å². The monoisotopic (exact) mass is 279 g/mol. The maximum atomic E-state index is 13.7. The van der Waals surface area contributed by atoms with Gasteiger partial charge in [0.2, 0.25) is 0 Å². The molecule has 0 aromatic heterocycles. The Morgan fingerprint density at radius 1 is 1.16 bits per heavy atom. The highest BCUT2D eigenvalue weighted by atomic mass is 35.5. The fraction of sp³-hybridized carbons (Fsp3) is 0.200. The fourth-order valence-corrected chi connectivity index (χ4v) is 1.87. The zero-order valence-corrected chi connectivity index (χ0v) is 11.4. The van der Waals surface area contributed by atoms with E-state index in [0.29, 0.717) is 22.9 Å². The van der Waals surface area contributed by atoms with Crippen LogP contribution in [0.15, 0.2) is 42.5 Å². The van der Waals surface area contributed by atoms with Gasteiger partial charge in [-0.25, -0.2) is 4.39 Å². The van der Waals surface area contributed by atoms with E-state index >= 15 is 0 Å². The molecule has 0 radical (unpaired) electrons. The van der Waals surface area contributed by atoms with Crippen molar-refractivity contribution in [2.45, 2.75) is 13.2 Å². The Hall–Kier alpha value is -1.58. The van der Waals surface area contributed by atoms with E-state index in [-0.39, 0.29) is 12.4 Å². The van der Waals surface area contributed by atoms with Gasteiger partial charge in [0, 0.05) is 17.1 Å². The summed E-state index contributed by atoms with van der Waals surface area (Å²) in [6.07, 6.45) is 0. The molecule has 0 unspecified atom stereocenters. The first-order chi connectivity index (χ1) is 9.19. The maximum Gasteiger partial charge on any atom is 0.129 e. The second-order valence-corrected chi connectivity index (χ2v) is 4.64. The molecule has 0 aliphatic carbocycles. The smallest absolute Gasteiger partial charge is 0.129 e. The van der Waals surface area contributed by atoms with Crippen molar-refractivity contribution in [3.05, 3.63) is 64.4 Å². The summed E-state index contributed by atoms with van der Waals surface area (Å²) >= 11 is 5.79. The summed E-state index contributed by atoms with van der Waals surface area (Å²) in [5.74, 6) is 0.414. The van der Waals surface area contributed by atoms with Gasteiger partial charge in [0.1, 0.15) is 18.2 Å². The van der Waals surface area contributed by atoms with E-state index in [4.69, 9.17) is 16.3 Å². The summed E-state index contributed by atoms with van der Waals surface area (Å²) in [7, 11) is 1.85. The van der Waals surface area contributed by atoms with E-state index < -0.39 is 0 Å². The molecule has 100 valence electrons. The Labute approximate surface area is 117 Å². The van der Waals surface area contributed by atoms with Gasteiger partial charge in [-0.2, -0.15) is 0 Å². The number of nitrogens with one attached hydrogen (secondary N) is 1. The Morgan fingerprint density at radius 2 is 1.89 bits per heavy atom. The van der Waals surface area contributed by atoms with Gasteiger partial charge in [-0.15, -0.1) is 0 Å². The standard InChI is InChI=1S/C15H15ClFNO/c1-18-9-11-2-7-15(17)12(8-11)10-19-14-5-3-13(16)4-6-14/h2-8,18H,9-10H2,1H3. The van der Waals surface area contributed by atoms with E-state index in [9.17, 15) is 4.39 Å². The quantitative estimate of drug-likeness (QED) is 0.899. The predicted octanol–water partition coefficient (Wildman–Crippen LogP) is 3.78. The van der Waals surface area contributed by atoms with Gasteiger partial charge < -0.3 is 10.1 Å². The zero-order valence-electron chi connectivity index (χ0n) is 10.6. The molecule has 0 atom stereocenters. The van der Waals surface area contributed by atoms with Crippen molar-refractivity contribution < 1.29 is 9.13 Å². The third-order valence-electron chi connectivity index (χ3n) is 2.70. The van der Waals surface area contributed by atoms with Gasteiger partial charge >= 0.3 is 0 Å². The van der Waals surface area contributed by atoms with Crippen LogP contribution in [-0.2, 0) is 13.2 Å². The van der Waals surface area contributed by atoms with Crippen LogP contribution in [0.5, 0.6) is 5.75 Å². The summed E-state index contributed by atoms with van der Waals surface area (Å²) < 4.78 is 19.2. The van der Waals surface area contributed by atoms with Gasteiger partial charge in [0.05, 0.1) is 0 Å². The molecule has 0 saturated carbocycles. The third kappa shape index (κ3) is 3.94. The molecular weight excluding hydrogens is 265 g/mol. The van der Waals surface area contributed by atoms with Crippen LogP contribution in [0.2, 0.25) is 5.02 Å². The average Bonchev–Trinajstić information content (AvgIpc) is 2.41. The van der Waals surface area contributed by atoms with Crippen LogP contribution in [0.3, 0.4) is 0 Å². The zero-order chi connectivity index (χ0) is 13.7. The lowest BCUT2D eigenvalue weighted by Crippen LogP contribution is -2.07. The molecule has 0 bridgehead atoms. The second-order valence-electron chi connectivity index (χ2n) is 4.20. The Morgan fingerprint density at radius 3 is 2.58 bits per heavy atom. The summed E-state index contributed by atoms with van der Waals surface area (Å²) in [6, 6.07) is 12.0. The molecule has 4 heteroatoms. The molecule has 0 aliphatic heterocycles. The fourth-order valence-electron chi connectivity index (χ4n) is 1.74. The van der Waals surface area contributed by atoms with E-state index in [1.54, 1.807) is 30.3 Å². The number of halogens is 2. The molecule has 2 aromatic carbocycles. The van der Waals surface area contributed by atoms with Crippen LogP contribution in [-0.4, -0.2) is 7.05 Å². The Bertz CT molecular complexity index is 542. The van der Waals surface area contributed by atoms with Gasteiger partial charge in [0.25, 0.3) is 0 Å². The molecule has 0 heterocycles. The van der Waals surface area contributed by atoms with E-state index in [2.05, 4.69) is 5.32 Å². The number of ether oxygens (including phenoxy) is 1. The maximum absolute atomic E-state index is 13.7. The topological polar surface area (TPSA) is 21.3 Å². The van der Waals surface area contributed by atoms with Gasteiger partial charge in [-0.3, -0.25) is 0 Å². The summed E-state index contributed by atoms with van der Waals surface area (Å²) in [4.78, 5) is 0. The molecule has 1 N–H and O–H groups in total. The Kier molecular flexibility index (Phi) is 4.77. The van der Waals surface area contributed by atoms with Crippen LogP contribution in [0.1, 0.15) is 11.1 Å². The van der Waals surface area contributed by atoms with E-state index in [1.165, 1.54) is 6.07 Å². The lowest BCUT2D eigenvalue weighted by Gasteiger charge is -2.09. The van der Waals surface area contributed by atoms with Crippen molar-refractivity contribution >= 4 is 11.6 Å². The average molecular weight is 280 g/mol. The number of rotatable bonds is 5. The van der Waals surface area contributed by atoms with Crippen LogP contribution >= 0.6 is 11.6 Å². The summed E-state index contributed by atoms with van der Waals surface area (Å²) in [5, 5.41) is 3.68. The highest BCUT2D eigenvalue weighted by Crippen LogP contribution is 2.18. The minimum atomic E-state index is -0.256. The molecule has 0 saturated heterocycles. The van der Waals surface area contributed by atoms with Crippen molar-refractivity contribution in [2.75, 3.05) is 7.05 Å². The highest BCUT2D eigenvalue weighted by Gasteiger charge is 2.04. The van der Waals surface area contributed by atoms with Crippen molar-refractivity contribution in [1.82, 2.24) is 5.32 Å². The molecule has 2 aromatic rings. The third-order valence-corrected chi connectivity index (χ3v) is 2.95. The molecular formula is C15H15ClFNO. The van der Waals surface area contributed by atoms with Crippen molar-refractivity contribution in [3.63, 3.8) is 0 Å². The minimum Gasteiger partial charge on any atom is -0.489 e. The summed E-state index contributed by atoms with van der Waals surface area (Å²) in [5.41, 5.74) is 1.57. The van der Waals surface area contributed by atoms with Crippen molar-refractivity contribution in [2.24, 2.45) is 0 Å². The van der Waals surface area contributed by atoms with Crippen molar-refractivity contribution in [1.29, 1.82) is 0 Å². The van der Waals surface area contributed by atoms with E-state index in [0.717, 1.165) is 5.56 Å². The van der Waals surface area contributed by atoms with Gasteiger partial charge in [-0.05, 0) is 49.0 Å². The number of benzene rings is 2. The lowest BCUT2D eigenvalue weighted by molar-refractivity contribution is 0.299. The molecule has 0 fully saturated rings. The normalized spacial score (nSPS) is 10.5. The van der Waals surface area contributed by atoms with Crippen LogP contribution < -0.4 is 10.1 Å². The second kappa shape index (κ2) is 6.55. The SMILES string of the molecule is CNCc1ccc(F)c(COc2ccc(Cl)cc2)c1. The van der Waals surface area contributed by atoms with Gasteiger partial charge in [-0.1, -0.05) is 17.7 Å². The van der Waals surface area contributed by atoms with Crippen molar-refractivity contribution in [3.8, 4) is 5.75 Å². The molecule has 0 spiro atoms.